The minimum Gasteiger partial charge on any atom is -0.434 e. The zero-order chi connectivity index (χ0) is 20.2. The first-order valence-electron chi connectivity index (χ1n) is 11.6. The van der Waals surface area contributed by atoms with E-state index in [9.17, 15) is 4.79 Å². The van der Waals surface area contributed by atoms with Crippen LogP contribution < -0.4 is 0 Å². The predicted octanol–water partition coefficient (Wildman–Crippen LogP) is 8.22. The van der Waals surface area contributed by atoms with Gasteiger partial charge in [0.1, 0.15) is 6.10 Å². The van der Waals surface area contributed by atoms with Crippen molar-refractivity contribution in [3.63, 3.8) is 0 Å². The van der Waals surface area contributed by atoms with E-state index in [4.69, 9.17) is 9.47 Å². The van der Waals surface area contributed by atoms with Crippen molar-refractivity contribution in [2.24, 2.45) is 5.92 Å². The van der Waals surface area contributed by atoms with Gasteiger partial charge in [-0.1, -0.05) is 90.7 Å². The van der Waals surface area contributed by atoms with Crippen LogP contribution in [0.1, 0.15) is 118 Å². The smallest absolute Gasteiger partial charge is 0.434 e. The van der Waals surface area contributed by atoms with E-state index < -0.39 is 6.16 Å². The molecule has 0 bridgehead atoms. The first-order chi connectivity index (χ1) is 13.1. The largest absolute Gasteiger partial charge is 0.508 e. The Morgan fingerprint density at radius 2 is 1.22 bits per heavy atom. The molecular weight excluding hydrogens is 336 g/mol. The van der Waals surface area contributed by atoms with Crippen LogP contribution in [-0.4, -0.2) is 18.9 Å². The van der Waals surface area contributed by atoms with Gasteiger partial charge in [0.25, 0.3) is 0 Å². The number of hydrogen-bond acceptors (Lipinski definition) is 3. The summed E-state index contributed by atoms with van der Waals surface area (Å²) in [6, 6.07) is 0. The summed E-state index contributed by atoms with van der Waals surface area (Å²) in [6.45, 7) is 8.71. The molecule has 27 heavy (non-hydrogen) atoms. The summed E-state index contributed by atoms with van der Waals surface area (Å²) in [5.74, 6) is 0.322. The molecule has 0 N–H and O–H groups in total. The average molecular weight is 383 g/mol. The van der Waals surface area contributed by atoms with Crippen molar-refractivity contribution < 1.29 is 14.3 Å². The number of unbranched alkanes of at least 4 members (excludes halogenated alkanes) is 12. The van der Waals surface area contributed by atoms with Crippen LogP contribution in [0.2, 0.25) is 0 Å². The van der Waals surface area contributed by atoms with Crippen molar-refractivity contribution in [3.8, 4) is 0 Å². The third-order valence-electron chi connectivity index (χ3n) is 5.10. The maximum Gasteiger partial charge on any atom is 0.508 e. The van der Waals surface area contributed by atoms with Gasteiger partial charge in [-0.2, -0.15) is 0 Å². The summed E-state index contributed by atoms with van der Waals surface area (Å²) in [5.41, 5.74) is 0. The van der Waals surface area contributed by atoms with E-state index in [0.29, 0.717) is 12.5 Å². The van der Waals surface area contributed by atoms with E-state index in [0.717, 1.165) is 12.8 Å². The SMILES string of the molecule is CCCCCCCC/C=C\CCCCCCCCOC(=O)OC(C)C(C)C. The Hall–Kier alpha value is -0.990. The minimum absolute atomic E-state index is 0.0858. The highest BCUT2D eigenvalue weighted by atomic mass is 16.7. The molecular formula is C24H46O3. The molecule has 0 aromatic heterocycles. The van der Waals surface area contributed by atoms with Gasteiger partial charge in [-0.25, -0.2) is 4.79 Å². The molecule has 0 aliphatic rings. The number of hydrogen-bond donors (Lipinski definition) is 0. The zero-order valence-electron chi connectivity index (χ0n) is 18.6. The van der Waals surface area contributed by atoms with Gasteiger partial charge in [-0.05, 0) is 44.9 Å². The monoisotopic (exact) mass is 382 g/mol. The summed E-state index contributed by atoms with van der Waals surface area (Å²) in [4.78, 5) is 11.5. The summed E-state index contributed by atoms with van der Waals surface area (Å²) in [6.07, 6.45) is 22.1. The highest BCUT2D eigenvalue weighted by Crippen LogP contribution is 2.10. The van der Waals surface area contributed by atoms with Crippen molar-refractivity contribution in [1.82, 2.24) is 0 Å². The van der Waals surface area contributed by atoms with Crippen molar-refractivity contribution in [2.45, 2.75) is 124 Å². The molecule has 0 amide bonds. The Bertz CT molecular complexity index is 350. The third kappa shape index (κ3) is 19.6. The molecule has 1 unspecified atom stereocenters. The lowest BCUT2D eigenvalue weighted by atomic mass is 10.1. The molecule has 0 heterocycles. The van der Waals surface area contributed by atoms with Crippen molar-refractivity contribution >= 4 is 6.16 Å². The molecule has 0 aliphatic carbocycles. The molecule has 1 atom stereocenters. The Morgan fingerprint density at radius 3 is 1.74 bits per heavy atom. The lowest BCUT2D eigenvalue weighted by molar-refractivity contribution is 0.0140. The van der Waals surface area contributed by atoms with Gasteiger partial charge in [0.15, 0.2) is 0 Å². The van der Waals surface area contributed by atoms with E-state index >= 15 is 0 Å². The Labute approximate surface area is 169 Å². The molecule has 3 heteroatoms. The summed E-state index contributed by atoms with van der Waals surface area (Å²) < 4.78 is 10.3. The Morgan fingerprint density at radius 1 is 0.741 bits per heavy atom. The van der Waals surface area contributed by atoms with E-state index in [2.05, 4.69) is 19.1 Å². The number of carbonyl (C=O) groups excluding carboxylic acids is 1. The van der Waals surface area contributed by atoms with Gasteiger partial charge >= 0.3 is 6.16 Å². The molecule has 0 radical (unpaired) electrons. The molecule has 0 saturated carbocycles. The molecule has 0 rings (SSSR count). The molecule has 3 nitrogen and oxygen atoms in total. The van der Waals surface area contributed by atoms with Gasteiger partial charge < -0.3 is 9.47 Å². The third-order valence-corrected chi connectivity index (χ3v) is 5.10. The molecule has 160 valence electrons. The Kier molecular flexibility index (Phi) is 19.0. The van der Waals surface area contributed by atoms with E-state index in [1.54, 1.807) is 0 Å². The highest BCUT2D eigenvalue weighted by molar-refractivity contribution is 5.60. The second-order valence-electron chi connectivity index (χ2n) is 8.10. The van der Waals surface area contributed by atoms with Gasteiger partial charge in [-0.3, -0.25) is 0 Å². The fourth-order valence-electron chi connectivity index (χ4n) is 2.83. The predicted molar refractivity (Wildman–Crippen MR) is 116 cm³/mol. The standard InChI is InChI=1S/C24H46O3/c1-5-6-7-8-9-10-11-12-13-14-15-16-17-18-19-20-21-26-24(25)27-23(4)22(2)3/h12-13,22-23H,5-11,14-21H2,1-4H3/b13-12-. The summed E-state index contributed by atoms with van der Waals surface area (Å²) >= 11 is 0. The number of allylic oxidation sites excluding steroid dienone is 2. The topological polar surface area (TPSA) is 35.5 Å². The van der Waals surface area contributed by atoms with Crippen LogP contribution in [0, 0.1) is 5.92 Å². The van der Waals surface area contributed by atoms with Gasteiger partial charge in [0.2, 0.25) is 0 Å². The van der Waals surface area contributed by atoms with Gasteiger partial charge in [0.05, 0.1) is 6.61 Å². The van der Waals surface area contributed by atoms with Crippen molar-refractivity contribution in [2.75, 3.05) is 6.61 Å². The van der Waals surface area contributed by atoms with Crippen LogP contribution >= 0.6 is 0 Å². The van der Waals surface area contributed by atoms with Crippen molar-refractivity contribution in [3.05, 3.63) is 12.2 Å². The first kappa shape index (κ1) is 26.0. The van der Waals surface area contributed by atoms with E-state index in [1.807, 2.05) is 20.8 Å². The number of ether oxygens (including phenoxy) is 2. The number of carbonyl (C=O) groups is 1. The van der Waals surface area contributed by atoms with Crippen LogP contribution in [0.25, 0.3) is 0 Å². The quantitative estimate of drug-likeness (QED) is 0.136. The minimum atomic E-state index is -0.524. The fourth-order valence-corrected chi connectivity index (χ4v) is 2.83. The second kappa shape index (κ2) is 19.8. The maximum absolute atomic E-state index is 11.5. The Balaban J connectivity index is 3.24. The molecule has 0 aromatic carbocycles. The molecule has 0 fully saturated rings. The maximum atomic E-state index is 11.5. The van der Waals surface area contributed by atoms with Crippen LogP contribution in [0.5, 0.6) is 0 Å². The molecule has 0 aliphatic heterocycles. The average Bonchev–Trinajstić information content (AvgIpc) is 2.64. The second-order valence-corrected chi connectivity index (χ2v) is 8.10. The summed E-state index contributed by atoms with van der Waals surface area (Å²) in [7, 11) is 0. The van der Waals surface area contributed by atoms with Gasteiger partial charge in [-0.15, -0.1) is 0 Å². The highest BCUT2D eigenvalue weighted by Gasteiger charge is 2.13. The number of rotatable bonds is 18. The van der Waals surface area contributed by atoms with Crippen LogP contribution in [0.15, 0.2) is 12.2 Å². The zero-order valence-corrected chi connectivity index (χ0v) is 18.6. The molecule has 0 spiro atoms. The first-order valence-corrected chi connectivity index (χ1v) is 11.6. The molecule has 0 saturated heterocycles. The van der Waals surface area contributed by atoms with E-state index in [-0.39, 0.29) is 6.10 Å². The van der Waals surface area contributed by atoms with Crippen molar-refractivity contribution in [1.29, 1.82) is 0 Å². The fraction of sp³-hybridized carbons (Fsp3) is 0.875. The van der Waals surface area contributed by atoms with E-state index in [1.165, 1.54) is 77.0 Å². The van der Waals surface area contributed by atoms with Gasteiger partial charge in [0, 0.05) is 0 Å². The lowest BCUT2D eigenvalue weighted by Crippen LogP contribution is -2.21. The lowest BCUT2D eigenvalue weighted by Gasteiger charge is -2.16. The molecule has 0 aromatic rings. The van der Waals surface area contributed by atoms with Crippen LogP contribution in [0.3, 0.4) is 0 Å². The van der Waals surface area contributed by atoms with Crippen LogP contribution in [-0.2, 0) is 9.47 Å². The normalized spacial score (nSPS) is 12.6. The van der Waals surface area contributed by atoms with Crippen LogP contribution in [0.4, 0.5) is 4.79 Å². The summed E-state index contributed by atoms with van der Waals surface area (Å²) in [5, 5.41) is 0.